The average Bonchev–Trinajstić information content (AvgIpc) is 2.61. The first-order valence-electron chi connectivity index (χ1n) is 7.45. The molecule has 0 unspecified atom stereocenters. The van der Waals surface area contributed by atoms with Crippen LogP contribution in [0.3, 0.4) is 0 Å². The van der Waals surface area contributed by atoms with Crippen molar-refractivity contribution in [1.29, 1.82) is 0 Å². The van der Waals surface area contributed by atoms with E-state index in [1.54, 1.807) is 6.07 Å². The summed E-state index contributed by atoms with van der Waals surface area (Å²) >= 11 is 0. The van der Waals surface area contributed by atoms with Crippen molar-refractivity contribution in [2.24, 2.45) is 0 Å². The van der Waals surface area contributed by atoms with Gasteiger partial charge in [0.15, 0.2) is 0 Å². The number of phenols is 1. The van der Waals surface area contributed by atoms with Crippen LogP contribution in [0.4, 0.5) is 0 Å². The summed E-state index contributed by atoms with van der Waals surface area (Å²) in [6.07, 6.45) is 0. The van der Waals surface area contributed by atoms with Crippen molar-refractivity contribution in [3.63, 3.8) is 0 Å². The van der Waals surface area contributed by atoms with Gasteiger partial charge in [-0.1, -0.05) is 48.5 Å². The first-order valence-corrected chi connectivity index (χ1v) is 7.45. The summed E-state index contributed by atoms with van der Waals surface area (Å²) in [6, 6.07) is 21.6. The molecule has 0 aliphatic heterocycles. The van der Waals surface area contributed by atoms with Crippen molar-refractivity contribution in [1.82, 2.24) is 0 Å². The van der Waals surface area contributed by atoms with Crippen LogP contribution in [-0.2, 0) is 6.61 Å². The molecule has 4 nitrogen and oxygen atoms in total. The Morgan fingerprint density at radius 2 is 1.56 bits per heavy atom. The Morgan fingerprint density at radius 1 is 0.920 bits per heavy atom. The third-order valence-electron chi connectivity index (χ3n) is 3.65. The normalized spacial score (nSPS) is 9.92. The van der Waals surface area contributed by atoms with E-state index in [-0.39, 0.29) is 62.7 Å². The molecule has 0 aliphatic rings. The molecule has 3 aromatic carbocycles. The second-order valence-electron chi connectivity index (χ2n) is 5.32. The van der Waals surface area contributed by atoms with Crippen molar-refractivity contribution in [2.45, 2.75) is 6.61 Å². The van der Waals surface area contributed by atoms with E-state index in [1.807, 2.05) is 54.6 Å². The summed E-state index contributed by atoms with van der Waals surface area (Å²) in [7, 11) is 0. The zero-order chi connectivity index (χ0) is 16.9. The van der Waals surface area contributed by atoms with Gasteiger partial charge in [0.25, 0.3) is 0 Å². The first kappa shape index (κ1) is 19.7. The number of aromatic hydroxyl groups is 1. The number of hydrogen-bond donors (Lipinski definition) is 1. The van der Waals surface area contributed by atoms with E-state index in [9.17, 15) is 15.0 Å². The molecule has 120 valence electrons. The maximum atomic E-state index is 10.8. The molecule has 3 rings (SSSR count). The minimum atomic E-state index is -1.40. The quantitative estimate of drug-likeness (QED) is 0.652. The molecule has 5 heteroatoms. The fourth-order valence-electron chi connectivity index (χ4n) is 2.37. The van der Waals surface area contributed by atoms with Gasteiger partial charge in [0.1, 0.15) is 18.1 Å². The summed E-state index contributed by atoms with van der Waals surface area (Å²) in [4.78, 5) is 10.8. The van der Waals surface area contributed by atoms with Crippen LogP contribution < -0.4 is 61.2 Å². The van der Waals surface area contributed by atoms with Crippen LogP contribution in [0.1, 0.15) is 15.9 Å². The van der Waals surface area contributed by atoms with Crippen molar-refractivity contribution < 1.29 is 71.1 Å². The molecule has 0 radical (unpaired) electrons. The van der Waals surface area contributed by atoms with Crippen molar-refractivity contribution in [2.75, 3.05) is 0 Å². The second-order valence-corrected chi connectivity index (χ2v) is 5.32. The number of benzene rings is 3. The molecule has 0 saturated heterocycles. The molecular formula is C20H15KO4. The third kappa shape index (κ3) is 5.17. The number of carbonyl (C=O) groups is 1. The number of carboxylic acid groups (broad SMARTS) is 1. The maximum absolute atomic E-state index is 10.8. The molecule has 0 heterocycles. The monoisotopic (exact) mass is 358 g/mol. The molecule has 0 fully saturated rings. The van der Waals surface area contributed by atoms with Crippen LogP contribution in [-0.4, -0.2) is 11.1 Å². The molecule has 0 atom stereocenters. The standard InChI is InChI=1S/C20H16O4.K/c21-19-12-16(8-11-18(19)20(22)23)15-6-9-17(10-7-15)24-13-14-4-2-1-3-5-14;/h1-12,21H,13H2,(H,22,23);/q;+1/p-1. The van der Waals surface area contributed by atoms with Gasteiger partial charge >= 0.3 is 51.4 Å². The molecule has 0 saturated carbocycles. The van der Waals surface area contributed by atoms with Gasteiger partial charge in [0.05, 0.1) is 5.97 Å². The largest absolute Gasteiger partial charge is 1.00 e. The second kappa shape index (κ2) is 9.17. The van der Waals surface area contributed by atoms with Crippen molar-refractivity contribution in [3.8, 4) is 22.6 Å². The van der Waals surface area contributed by atoms with Crippen LogP contribution in [0, 0.1) is 0 Å². The van der Waals surface area contributed by atoms with Gasteiger partial charge in [-0.3, -0.25) is 0 Å². The molecule has 0 aromatic heterocycles. The smallest absolute Gasteiger partial charge is 0.545 e. The Morgan fingerprint density at radius 3 is 2.16 bits per heavy atom. The van der Waals surface area contributed by atoms with Crippen LogP contribution in [0.5, 0.6) is 11.5 Å². The Hall–Kier alpha value is -1.63. The molecular weight excluding hydrogens is 343 g/mol. The van der Waals surface area contributed by atoms with Crippen molar-refractivity contribution >= 4 is 5.97 Å². The number of hydrogen-bond acceptors (Lipinski definition) is 4. The Kier molecular flexibility index (Phi) is 7.22. The van der Waals surface area contributed by atoms with Gasteiger partial charge < -0.3 is 19.7 Å². The Bertz CT molecular complexity index is 845. The third-order valence-corrected chi connectivity index (χ3v) is 3.65. The topological polar surface area (TPSA) is 69.6 Å². The zero-order valence-electron chi connectivity index (χ0n) is 13.8. The predicted octanol–water partition coefficient (Wildman–Crippen LogP) is 0.00570. The van der Waals surface area contributed by atoms with E-state index in [0.29, 0.717) is 12.2 Å². The molecule has 0 spiro atoms. The van der Waals surface area contributed by atoms with Crippen LogP contribution in [0.25, 0.3) is 11.1 Å². The fraction of sp³-hybridized carbons (Fsp3) is 0.0500. The average molecular weight is 358 g/mol. The molecule has 0 aliphatic carbocycles. The maximum Gasteiger partial charge on any atom is 1.00 e. The minimum absolute atomic E-state index is 0. The van der Waals surface area contributed by atoms with Gasteiger partial charge in [-0.25, -0.2) is 0 Å². The van der Waals surface area contributed by atoms with E-state index in [0.717, 1.165) is 16.9 Å². The van der Waals surface area contributed by atoms with E-state index in [2.05, 4.69) is 0 Å². The van der Waals surface area contributed by atoms with E-state index in [4.69, 9.17) is 4.74 Å². The van der Waals surface area contributed by atoms with Crippen LogP contribution in [0.15, 0.2) is 72.8 Å². The number of aromatic carboxylic acids is 1. The van der Waals surface area contributed by atoms with Crippen LogP contribution >= 0.6 is 0 Å². The number of carboxylic acids is 1. The van der Waals surface area contributed by atoms with Crippen LogP contribution in [0.2, 0.25) is 0 Å². The zero-order valence-corrected chi connectivity index (χ0v) is 16.9. The minimum Gasteiger partial charge on any atom is -0.545 e. The number of ether oxygens (including phenoxy) is 1. The summed E-state index contributed by atoms with van der Waals surface area (Å²) < 4.78 is 5.72. The van der Waals surface area contributed by atoms with Gasteiger partial charge in [0.2, 0.25) is 0 Å². The fourth-order valence-corrected chi connectivity index (χ4v) is 2.37. The summed E-state index contributed by atoms with van der Waals surface area (Å²) in [6.45, 7) is 0.487. The van der Waals surface area contributed by atoms with Gasteiger partial charge in [-0.05, 0) is 41.0 Å². The Labute approximate surface area is 188 Å². The van der Waals surface area contributed by atoms with Gasteiger partial charge in [-0.2, -0.15) is 0 Å². The summed E-state index contributed by atoms with van der Waals surface area (Å²) in [5.74, 6) is -0.973. The van der Waals surface area contributed by atoms with E-state index < -0.39 is 5.97 Å². The van der Waals surface area contributed by atoms with E-state index >= 15 is 0 Å². The van der Waals surface area contributed by atoms with Gasteiger partial charge in [0, 0.05) is 5.56 Å². The molecule has 0 amide bonds. The molecule has 25 heavy (non-hydrogen) atoms. The van der Waals surface area contributed by atoms with Crippen molar-refractivity contribution in [3.05, 3.63) is 83.9 Å². The number of carbonyl (C=O) groups excluding carboxylic acids is 1. The first-order chi connectivity index (χ1) is 11.6. The molecule has 1 N–H and O–H groups in total. The SMILES string of the molecule is O=C([O-])c1ccc(-c2ccc(OCc3ccccc3)cc2)cc1O.[K+]. The Balaban J connectivity index is 0.00000225. The van der Waals surface area contributed by atoms with Gasteiger partial charge in [-0.15, -0.1) is 0 Å². The predicted molar refractivity (Wildman–Crippen MR) is 88.6 cm³/mol. The van der Waals surface area contributed by atoms with E-state index in [1.165, 1.54) is 12.1 Å². The molecule has 3 aromatic rings. The number of rotatable bonds is 5. The summed E-state index contributed by atoms with van der Waals surface area (Å²) in [5, 5.41) is 20.6. The summed E-state index contributed by atoms with van der Waals surface area (Å²) in [5.41, 5.74) is 2.43. The molecule has 0 bridgehead atoms.